The maximum absolute atomic E-state index is 12.5. The van der Waals surface area contributed by atoms with Crippen LogP contribution in [0.1, 0.15) is 18.0 Å². The number of carbonyl (C=O) groups is 1. The Labute approximate surface area is 113 Å². The molecule has 106 valence electrons. The van der Waals surface area contributed by atoms with Crippen LogP contribution in [0, 0.1) is 0 Å². The molecule has 1 atom stereocenters. The van der Waals surface area contributed by atoms with Crippen LogP contribution >= 0.6 is 11.6 Å². The van der Waals surface area contributed by atoms with Crippen molar-refractivity contribution in [2.24, 2.45) is 0 Å². The van der Waals surface area contributed by atoms with Gasteiger partial charge in [-0.15, -0.1) is 0 Å². The minimum absolute atomic E-state index is 0.290. The van der Waals surface area contributed by atoms with Crippen LogP contribution in [0.4, 0.5) is 13.2 Å². The van der Waals surface area contributed by atoms with Gasteiger partial charge in [-0.05, 0) is 17.7 Å². The molecule has 1 aromatic carbocycles. The number of alkyl halides is 3. The molecule has 0 saturated heterocycles. The summed E-state index contributed by atoms with van der Waals surface area (Å²) in [6, 6.07) is 4.70. The molecule has 0 fully saturated rings. The van der Waals surface area contributed by atoms with E-state index in [2.05, 4.69) is 10.1 Å². The highest BCUT2D eigenvalue weighted by molar-refractivity contribution is 6.30. The fraction of sp³-hybridized carbons (Fsp3) is 0.417. The zero-order valence-electron chi connectivity index (χ0n) is 10.1. The lowest BCUT2D eigenvalue weighted by atomic mass is 10.0. The van der Waals surface area contributed by atoms with E-state index in [1.807, 2.05) is 0 Å². The fourth-order valence-corrected chi connectivity index (χ4v) is 1.67. The van der Waals surface area contributed by atoms with Gasteiger partial charge in [0.15, 0.2) is 0 Å². The van der Waals surface area contributed by atoms with Crippen molar-refractivity contribution in [3.63, 3.8) is 0 Å². The summed E-state index contributed by atoms with van der Waals surface area (Å²) in [5.74, 6) is -0.605. The van der Waals surface area contributed by atoms with E-state index in [0.29, 0.717) is 10.6 Å². The molecule has 0 aliphatic heterocycles. The summed E-state index contributed by atoms with van der Waals surface area (Å²) in [7, 11) is 1.29. The van der Waals surface area contributed by atoms with Gasteiger partial charge in [-0.1, -0.05) is 23.7 Å². The first-order chi connectivity index (χ1) is 8.81. The van der Waals surface area contributed by atoms with Gasteiger partial charge >= 0.3 is 6.18 Å². The van der Waals surface area contributed by atoms with Crippen LogP contribution in [0.5, 0.6) is 0 Å². The standard InChI is InChI=1S/C12H13ClF3NO2/c1-19-7-11(18)17-10(6-12(14,15)16)8-2-4-9(13)5-3-8/h2-5,10H,6-7H2,1H3,(H,17,18)/t10-/m1/s1. The quantitative estimate of drug-likeness (QED) is 0.906. The number of methoxy groups -OCH3 is 1. The van der Waals surface area contributed by atoms with Crippen LogP contribution < -0.4 is 5.32 Å². The van der Waals surface area contributed by atoms with Crippen molar-refractivity contribution >= 4 is 17.5 Å². The first kappa shape index (κ1) is 15.8. The highest BCUT2D eigenvalue weighted by Gasteiger charge is 2.33. The van der Waals surface area contributed by atoms with Gasteiger partial charge in [0.25, 0.3) is 0 Å². The van der Waals surface area contributed by atoms with Gasteiger partial charge in [-0.25, -0.2) is 0 Å². The monoisotopic (exact) mass is 295 g/mol. The number of halogens is 4. The third-order valence-electron chi connectivity index (χ3n) is 2.32. The second-order valence-electron chi connectivity index (χ2n) is 3.92. The van der Waals surface area contributed by atoms with E-state index < -0.39 is 24.5 Å². The Morgan fingerprint density at radius 3 is 2.42 bits per heavy atom. The van der Waals surface area contributed by atoms with Crippen molar-refractivity contribution in [1.82, 2.24) is 5.32 Å². The van der Waals surface area contributed by atoms with Crippen molar-refractivity contribution < 1.29 is 22.7 Å². The smallest absolute Gasteiger partial charge is 0.375 e. The molecule has 1 rings (SSSR count). The summed E-state index contributed by atoms with van der Waals surface area (Å²) in [4.78, 5) is 11.4. The molecule has 0 aliphatic rings. The summed E-state index contributed by atoms with van der Waals surface area (Å²) in [5, 5.41) is 2.70. The normalized spacial score (nSPS) is 13.1. The lowest BCUT2D eigenvalue weighted by Gasteiger charge is -2.20. The van der Waals surface area contributed by atoms with E-state index in [9.17, 15) is 18.0 Å². The number of nitrogens with one attached hydrogen (secondary N) is 1. The van der Waals surface area contributed by atoms with Gasteiger partial charge in [0.2, 0.25) is 5.91 Å². The van der Waals surface area contributed by atoms with Gasteiger partial charge in [0.05, 0.1) is 12.5 Å². The number of amides is 1. The largest absolute Gasteiger partial charge is 0.391 e. The third kappa shape index (κ3) is 5.94. The van der Waals surface area contributed by atoms with Crippen LogP contribution in [-0.2, 0) is 9.53 Å². The SMILES string of the molecule is COCC(=O)N[C@H](CC(F)(F)F)c1ccc(Cl)cc1. The average Bonchev–Trinajstić information content (AvgIpc) is 2.27. The molecule has 19 heavy (non-hydrogen) atoms. The molecular weight excluding hydrogens is 283 g/mol. The Morgan fingerprint density at radius 2 is 1.95 bits per heavy atom. The highest BCUT2D eigenvalue weighted by Crippen LogP contribution is 2.30. The minimum atomic E-state index is -4.38. The molecule has 0 radical (unpaired) electrons. The molecule has 0 saturated carbocycles. The predicted octanol–water partition coefficient (Wildman–Crippen LogP) is 3.10. The number of rotatable bonds is 5. The van der Waals surface area contributed by atoms with Crippen molar-refractivity contribution in [3.05, 3.63) is 34.9 Å². The average molecular weight is 296 g/mol. The summed E-state index contributed by atoms with van der Waals surface area (Å²) in [6.07, 6.45) is -5.53. The van der Waals surface area contributed by atoms with Crippen LogP contribution in [-0.4, -0.2) is 25.8 Å². The van der Waals surface area contributed by atoms with Gasteiger partial charge in [0, 0.05) is 12.1 Å². The molecule has 1 aromatic rings. The van der Waals surface area contributed by atoms with E-state index in [-0.39, 0.29) is 6.61 Å². The lowest BCUT2D eigenvalue weighted by Crippen LogP contribution is -2.34. The summed E-state index contributed by atoms with van der Waals surface area (Å²) in [5.41, 5.74) is 0.339. The van der Waals surface area contributed by atoms with Crippen LogP contribution in [0.25, 0.3) is 0 Å². The van der Waals surface area contributed by atoms with Crippen molar-refractivity contribution in [2.75, 3.05) is 13.7 Å². The second kappa shape index (κ2) is 6.77. The molecule has 1 amide bonds. The summed E-state index contributed by atoms with van der Waals surface area (Å²) < 4.78 is 42.1. The lowest BCUT2D eigenvalue weighted by molar-refractivity contribution is -0.143. The highest BCUT2D eigenvalue weighted by atomic mass is 35.5. The molecule has 0 heterocycles. The number of hydrogen-bond acceptors (Lipinski definition) is 2. The summed E-state index contributed by atoms with van der Waals surface area (Å²) in [6.45, 7) is -0.290. The molecule has 1 N–H and O–H groups in total. The topological polar surface area (TPSA) is 38.3 Å². The predicted molar refractivity (Wildman–Crippen MR) is 64.9 cm³/mol. The van der Waals surface area contributed by atoms with Gasteiger partial charge in [-0.3, -0.25) is 4.79 Å². The van der Waals surface area contributed by atoms with E-state index >= 15 is 0 Å². The molecule has 0 unspecified atom stereocenters. The fourth-order valence-electron chi connectivity index (χ4n) is 1.55. The Bertz CT molecular complexity index is 420. The molecule has 3 nitrogen and oxygen atoms in total. The van der Waals surface area contributed by atoms with Gasteiger partial charge < -0.3 is 10.1 Å². The van der Waals surface area contributed by atoms with Crippen molar-refractivity contribution in [1.29, 1.82) is 0 Å². The van der Waals surface area contributed by atoms with Gasteiger partial charge in [0.1, 0.15) is 6.61 Å². The van der Waals surface area contributed by atoms with E-state index in [0.717, 1.165) is 0 Å². The molecule has 7 heteroatoms. The Kier molecular flexibility index (Phi) is 5.62. The second-order valence-corrected chi connectivity index (χ2v) is 4.36. The molecular formula is C12H13ClF3NO2. The molecule has 0 aromatic heterocycles. The van der Waals surface area contributed by atoms with Crippen LogP contribution in [0.3, 0.4) is 0 Å². The number of hydrogen-bond donors (Lipinski definition) is 1. The zero-order valence-corrected chi connectivity index (χ0v) is 10.9. The number of benzene rings is 1. The Hall–Kier alpha value is -1.27. The van der Waals surface area contributed by atoms with Crippen molar-refractivity contribution in [2.45, 2.75) is 18.6 Å². The minimum Gasteiger partial charge on any atom is -0.375 e. The number of ether oxygens (including phenoxy) is 1. The first-order valence-electron chi connectivity index (χ1n) is 5.42. The number of carbonyl (C=O) groups excluding carboxylic acids is 1. The molecule has 0 aliphatic carbocycles. The van der Waals surface area contributed by atoms with E-state index in [1.54, 1.807) is 0 Å². The maximum Gasteiger partial charge on any atom is 0.391 e. The van der Waals surface area contributed by atoms with E-state index in [4.69, 9.17) is 11.6 Å². The maximum atomic E-state index is 12.5. The van der Waals surface area contributed by atoms with Crippen molar-refractivity contribution in [3.8, 4) is 0 Å². The third-order valence-corrected chi connectivity index (χ3v) is 2.57. The Morgan fingerprint density at radius 1 is 1.37 bits per heavy atom. The van der Waals surface area contributed by atoms with Crippen LogP contribution in [0.2, 0.25) is 5.02 Å². The van der Waals surface area contributed by atoms with E-state index in [1.165, 1.54) is 31.4 Å². The molecule has 0 spiro atoms. The molecule has 0 bridgehead atoms. The van der Waals surface area contributed by atoms with Gasteiger partial charge in [-0.2, -0.15) is 13.2 Å². The Balaban J connectivity index is 2.85. The summed E-state index contributed by atoms with van der Waals surface area (Å²) >= 11 is 5.68. The first-order valence-corrected chi connectivity index (χ1v) is 5.80. The van der Waals surface area contributed by atoms with Crippen LogP contribution in [0.15, 0.2) is 24.3 Å². The zero-order chi connectivity index (χ0) is 14.5.